The lowest BCUT2D eigenvalue weighted by atomic mass is 10.3. The average molecular weight is 486 g/mol. The first-order valence-corrected chi connectivity index (χ1v) is 10.6. The van der Waals surface area contributed by atoms with Gasteiger partial charge in [-0.05, 0) is 59.3 Å². The third kappa shape index (κ3) is 4.66. The lowest BCUT2D eigenvalue weighted by molar-refractivity contribution is 0.102. The lowest BCUT2D eigenvalue weighted by Gasteiger charge is -2.08. The van der Waals surface area contributed by atoms with E-state index in [0.717, 1.165) is 0 Å². The molecule has 9 nitrogen and oxygen atoms in total. The Kier molecular flexibility index (Phi) is 5.96. The highest BCUT2D eigenvalue weighted by molar-refractivity contribution is 9.10. The molecule has 0 aliphatic rings. The lowest BCUT2D eigenvalue weighted by Crippen LogP contribution is -2.15. The first kappa shape index (κ1) is 20.2. The first-order valence-electron chi connectivity index (χ1n) is 7.95. The summed E-state index contributed by atoms with van der Waals surface area (Å²) < 4.78 is 29.3. The van der Waals surface area contributed by atoms with Crippen molar-refractivity contribution in [1.82, 2.24) is 20.0 Å². The van der Waals surface area contributed by atoms with Gasteiger partial charge in [-0.3, -0.25) is 14.2 Å². The van der Waals surface area contributed by atoms with E-state index in [9.17, 15) is 13.2 Å². The van der Waals surface area contributed by atoms with Crippen LogP contribution < -0.4 is 10.0 Å². The van der Waals surface area contributed by atoms with E-state index in [-0.39, 0.29) is 21.6 Å². The van der Waals surface area contributed by atoms with Crippen LogP contribution in [0.1, 0.15) is 17.4 Å². The van der Waals surface area contributed by atoms with E-state index in [1.54, 1.807) is 10.9 Å². The number of carbonyl (C=O) groups excluding carboxylic acids is 1. The largest absolute Gasteiger partial charge is 0.321 e. The molecule has 1 aromatic carbocycles. The Morgan fingerprint density at radius 2 is 1.89 bits per heavy atom. The molecule has 2 aromatic heterocycles. The van der Waals surface area contributed by atoms with E-state index < -0.39 is 15.9 Å². The minimum atomic E-state index is -3.86. The van der Waals surface area contributed by atoms with Gasteiger partial charge in [-0.1, -0.05) is 11.6 Å². The molecule has 3 aromatic rings. The van der Waals surface area contributed by atoms with E-state index in [1.807, 2.05) is 6.92 Å². The van der Waals surface area contributed by atoms with Crippen molar-refractivity contribution in [3.63, 3.8) is 0 Å². The summed E-state index contributed by atoms with van der Waals surface area (Å²) >= 11 is 8.92. The van der Waals surface area contributed by atoms with Crippen LogP contribution in [0.5, 0.6) is 0 Å². The monoisotopic (exact) mass is 484 g/mol. The van der Waals surface area contributed by atoms with Crippen LogP contribution in [-0.4, -0.2) is 34.3 Å². The van der Waals surface area contributed by atoms with Crippen LogP contribution in [0.4, 0.5) is 11.5 Å². The second-order valence-corrected chi connectivity index (χ2v) is 8.43. The van der Waals surface area contributed by atoms with Gasteiger partial charge < -0.3 is 5.32 Å². The number of aryl methyl sites for hydroxylation is 1. The van der Waals surface area contributed by atoms with E-state index in [2.05, 4.69) is 41.3 Å². The van der Waals surface area contributed by atoms with Crippen molar-refractivity contribution in [2.45, 2.75) is 18.4 Å². The number of halogens is 2. The molecule has 28 heavy (non-hydrogen) atoms. The fraction of sp³-hybridized carbons (Fsp3) is 0.125. The maximum absolute atomic E-state index is 12.4. The molecule has 2 N–H and O–H groups in total. The van der Waals surface area contributed by atoms with Gasteiger partial charge in [0.05, 0.1) is 9.37 Å². The van der Waals surface area contributed by atoms with Crippen LogP contribution >= 0.6 is 27.5 Å². The van der Waals surface area contributed by atoms with Crippen molar-refractivity contribution in [2.75, 3.05) is 10.0 Å². The molecular weight excluding hydrogens is 472 g/mol. The zero-order valence-corrected chi connectivity index (χ0v) is 17.6. The number of nitrogens with one attached hydrogen (secondary N) is 2. The number of aromatic nitrogens is 4. The van der Waals surface area contributed by atoms with Gasteiger partial charge in [0, 0.05) is 18.4 Å². The van der Waals surface area contributed by atoms with Gasteiger partial charge in [0.1, 0.15) is 0 Å². The quantitative estimate of drug-likeness (QED) is 0.553. The number of hydrogen-bond acceptors (Lipinski definition) is 6. The van der Waals surface area contributed by atoms with Gasteiger partial charge in [-0.15, -0.1) is 10.2 Å². The third-order valence-corrected chi connectivity index (χ3v) is 5.70. The van der Waals surface area contributed by atoms with Crippen LogP contribution in [0.2, 0.25) is 5.15 Å². The molecule has 0 saturated heterocycles. The number of amides is 1. The van der Waals surface area contributed by atoms with Gasteiger partial charge in [-0.25, -0.2) is 8.42 Å². The minimum Gasteiger partial charge on any atom is -0.321 e. The topological polar surface area (TPSA) is 119 Å². The number of benzene rings is 1. The molecule has 0 aliphatic carbocycles. The van der Waals surface area contributed by atoms with Gasteiger partial charge in [0.15, 0.2) is 16.7 Å². The van der Waals surface area contributed by atoms with Gasteiger partial charge in [0.2, 0.25) is 0 Å². The van der Waals surface area contributed by atoms with Crippen molar-refractivity contribution in [1.29, 1.82) is 0 Å². The van der Waals surface area contributed by atoms with Crippen molar-refractivity contribution in [3.05, 3.63) is 57.9 Å². The van der Waals surface area contributed by atoms with Gasteiger partial charge in [0.25, 0.3) is 15.9 Å². The Morgan fingerprint density at radius 3 is 2.46 bits per heavy atom. The number of sulfonamides is 1. The predicted octanol–water partition coefficient (Wildman–Crippen LogP) is 3.16. The van der Waals surface area contributed by atoms with E-state index in [4.69, 9.17) is 11.6 Å². The Morgan fingerprint density at radius 1 is 1.18 bits per heavy atom. The third-order valence-electron chi connectivity index (χ3n) is 3.55. The van der Waals surface area contributed by atoms with Gasteiger partial charge in [-0.2, -0.15) is 5.10 Å². The predicted molar refractivity (Wildman–Crippen MR) is 108 cm³/mol. The summed E-state index contributed by atoms with van der Waals surface area (Å²) in [6.07, 6.45) is 1.70. The van der Waals surface area contributed by atoms with E-state index in [0.29, 0.717) is 16.7 Å². The first-order chi connectivity index (χ1) is 13.3. The molecule has 0 saturated carbocycles. The molecule has 1 amide bonds. The summed E-state index contributed by atoms with van der Waals surface area (Å²) in [5, 5.41) is 14.2. The Hall–Kier alpha value is -2.50. The summed E-state index contributed by atoms with van der Waals surface area (Å²) in [7, 11) is -3.86. The number of rotatable bonds is 6. The number of nitrogens with zero attached hydrogens (tertiary/aromatic N) is 4. The Balaban J connectivity index is 1.72. The Bertz CT molecular complexity index is 1100. The Labute approximate surface area is 174 Å². The molecule has 0 atom stereocenters. The summed E-state index contributed by atoms with van der Waals surface area (Å²) in [4.78, 5) is 12.3. The highest BCUT2D eigenvalue weighted by Crippen LogP contribution is 2.20. The maximum Gasteiger partial charge on any atom is 0.277 e. The van der Waals surface area contributed by atoms with E-state index >= 15 is 0 Å². The molecular formula is C16H14BrClN6O3S. The molecule has 0 radical (unpaired) electrons. The highest BCUT2D eigenvalue weighted by Gasteiger charge is 2.17. The number of carbonyl (C=O) groups is 1. The van der Waals surface area contributed by atoms with Crippen molar-refractivity contribution in [3.8, 4) is 0 Å². The normalized spacial score (nSPS) is 11.2. The van der Waals surface area contributed by atoms with Crippen molar-refractivity contribution in [2.24, 2.45) is 0 Å². The van der Waals surface area contributed by atoms with Crippen molar-refractivity contribution < 1.29 is 13.2 Å². The summed E-state index contributed by atoms with van der Waals surface area (Å²) in [6, 6.07) is 8.50. The van der Waals surface area contributed by atoms with Crippen molar-refractivity contribution >= 4 is 55.0 Å². The molecule has 2 heterocycles. The zero-order valence-electron chi connectivity index (χ0n) is 14.4. The second kappa shape index (κ2) is 8.25. The molecule has 0 fully saturated rings. The molecule has 0 unspecified atom stereocenters. The highest BCUT2D eigenvalue weighted by atomic mass is 79.9. The molecule has 12 heteroatoms. The van der Waals surface area contributed by atoms with Crippen LogP contribution in [0, 0.1) is 0 Å². The fourth-order valence-corrected chi connectivity index (χ4v) is 3.78. The smallest absolute Gasteiger partial charge is 0.277 e. The van der Waals surface area contributed by atoms with E-state index in [1.165, 1.54) is 36.4 Å². The van der Waals surface area contributed by atoms with Crippen LogP contribution in [-0.2, 0) is 16.6 Å². The fourth-order valence-electron chi connectivity index (χ4n) is 2.19. The molecule has 0 spiro atoms. The van der Waals surface area contributed by atoms with Crippen LogP contribution in [0.25, 0.3) is 0 Å². The molecule has 3 rings (SSSR count). The summed E-state index contributed by atoms with van der Waals surface area (Å²) in [6.45, 7) is 2.54. The molecule has 0 aliphatic heterocycles. The number of anilines is 2. The minimum absolute atomic E-state index is 0.00121. The number of hydrogen-bond donors (Lipinski definition) is 2. The van der Waals surface area contributed by atoms with Crippen LogP contribution in [0.15, 0.2) is 52.0 Å². The summed E-state index contributed by atoms with van der Waals surface area (Å²) in [5.74, 6) is -0.373. The average Bonchev–Trinajstić information content (AvgIpc) is 3.05. The van der Waals surface area contributed by atoms with Gasteiger partial charge >= 0.3 is 0 Å². The summed E-state index contributed by atoms with van der Waals surface area (Å²) in [5.41, 5.74) is 0.662. The molecule has 0 bridgehead atoms. The SMILES string of the molecule is CCn1cc(Br)c(C(=O)Nc2ccc(S(=O)(=O)Nc3ccc(Cl)nn3)cc2)n1. The zero-order chi connectivity index (χ0) is 20.3. The maximum atomic E-state index is 12.4. The molecule has 146 valence electrons. The van der Waals surface area contributed by atoms with Crippen LogP contribution in [0.3, 0.4) is 0 Å². The second-order valence-electron chi connectivity index (χ2n) is 5.51. The standard InChI is InChI=1S/C16H14BrClN6O3S/c1-2-24-9-12(17)15(22-24)16(25)19-10-3-5-11(6-4-10)28(26,27)23-14-8-7-13(18)20-21-14/h3-9H,2H2,1H3,(H,19,25)(H,21,23).